The van der Waals surface area contributed by atoms with Gasteiger partial charge >= 0.3 is 5.97 Å². The summed E-state index contributed by atoms with van der Waals surface area (Å²) in [6, 6.07) is 9.02. The summed E-state index contributed by atoms with van der Waals surface area (Å²) in [5.74, 6) is -0.924. The zero-order valence-electron chi connectivity index (χ0n) is 14.7. The fourth-order valence-electron chi connectivity index (χ4n) is 2.83. The Morgan fingerprint density at radius 1 is 1.23 bits per heavy atom. The molecule has 0 aliphatic carbocycles. The third kappa shape index (κ3) is 3.39. The lowest BCUT2D eigenvalue weighted by Crippen LogP contribution is -2.16. The number of carbonyl (C=O) groups is 2. The first-order valence-electron chi connectivity index (χ1n) is 8.21. The zero-order chi connectivity index (χ0) is 18.7. The Hall–Kier alpha value is -3.28. The van der Waals surface area contributed by atoms with E-state index in [0.717, 1.165) is 11.4 Å². The second kappa shape index (κ2) is 7.31. The Balaban J connectivity index is 1.71. The van der Waals surface area contributed by atoms with Crippen molar-refractivity contribution in [2.24, 2.45) is 0 Å². The highest BCUT2D eigenvalue weighted by molar-refractivity contribution is 6.00. The van der Waals surface area contributed by atoms with Gasteiger partial charge in [-0.3, -0.25) is 9.78 Å². The van der Waals surface area contributed by atoms with Gasteiger partial charge in [0, 0.05) is 23.5 Å². The quantitative estimate of drug-likeness (QED) is 0.388. The molecule has 0 aliphatic rings. The molecular formula is C20H19N3O3. The van der Waals surface area contributed by atoms with Crippen molar-refractivity contribution in [2.75, 3.05) is 6.61 Å². The van der Waals surface area contributed by atoms with E-state index in [2.05, 4.69) is 16.5 Å². The summed E-state index contributed by atoms with van der Waals surface area (Å²) >= 11 is 0. The first-order valence-corrected chi connectivity index (χ1v) is 8.21. The number of hydrogen-bond donors (Lipinski definition) is 0. The van der Waals surface area contributed by atoms with Gasteiger partial charge in [0.25, 0.3) is 0 Å². The molecule has 0 saturated heterocycles. The number of aromatic nitrogens is 3. The van der Waals surface area contributed by atoms with E-state index in [1.165, 1.54) is 6.20 Å². The van der Waals surface area contributed by atoms with Gasteiger partial charge in [-0.2, -0.15) is 0 Å². The number of esters is 1. The molecule has 6 nitrogen and oxygen atoms in total. The minimum absolute atomic E-state index is 0.0774. The SMILES string of the molecule is C=CCn1c(C)cc(C(=O)COC(=O)c2cnc3ccccc3n2)c1C. The third-order valence-electron chi connectivity index (χ3n) is 4.18. The lowest BCUT2D eigenvalue weighted by atomic mass is 10.1. The molecule has 0 N–H and O–H groups in total. The van der Waals surface area contributed by atoms with Crippen LogP contribution in [0.25, 0.3) is 11.0 Å². The molecule has 132 valence electrons. The summed E-state index contributed by atoms with van der Waals surface area (Å²) in [4.78, 5) is 33.0. The van der Waals surface area contributed by atoms with Crippen LogP contribution in [0.4, 0.5) is 0 Å². The summed E-state index contributed by atoms with van der Waals surface area (Å²) in [7, 11) is 0. The van der Waals surface area contributed by atoms with Crippen molar-refractivity contribution in [3.05, 3.63) is 71.8 Å². The number of rotatable bonds is 6. The van der Waals surface area contributed by atoms with Crippen molar-refractivity contribution in [1.29, 1.82) is 0 Å². The molecule has 0 bridgehead atoms. The number of para-hydroxylation sites is 2. The topological polar surface area (TPSA) is 74.1 Å². The predicted octanol–water partition coefficient (Wildman–Crippen LogP) is 3.27. The molecule has 2 aromatic heterocycles. The maximum absolute atomic E-state index is 12.4. The highest BCUT2D eigenvalue weighted by Crippen LogP contribution is 2.16. The van der Waals surface area contributed by atoms with Gasteiger partial charge in [0.1, 0.15) is 0 Å². The molecule has 6 heteroatoms. The van der Waals surface area contributed by atoms with E-state index in [1.807, 2.05) is 30.5 Å². The van der Waals surface area contributed by atoms with Gasteiger partial charge in [-0.05, 0) is 32.0 Å². The lowest BCUT2D eigenvalue weighted by molar-refractivity contribution is 0.0468. The predicted molar refractivity (Wildman–Crippen MR) is 98.3 cm³/mol. The Labute approximate surface area is 151 Å². The van der Waals surface area contributed by atoms with Crippen LogP contribution in [0.2, 0.25) is 0 Å². The molecular weight excluding hydrogens is 330 g/mol. The maximum Gasteiger partial charge on any atom is 0.359 e. The highest BCUT2D eigenvalue weighted by Gasteiger charge is 2.18. The van der Waals surface area contributed by atoms with Gasteiger partial charge in [0.15, 0.2) is 12.3 Å². The number of carbonyl (C=O) groups excluding carboxylic acids is 2. The molecule has 3 rings (SSSR count). The van der Waals surface area contributed by atoms with E-state index >= 15 is 0 Å². The van der Waals surface area contributed by atoms with Crippen LogP contribution in [0.1, 0.15) is 32.2 Å². The van der Waals surface area contributed by atoms with Crippen molar-refractivity contribution in [1.82, 2.24) is 14.5 Å². The standard InChI is InChI=1S/C20H19N3O3/c1-4-9-23-13(2)10-15(14(23)3)19(24)12-26-20(25)18-11-21-16-7-5-6-8-17(16)22-18/h4-8,10-11H,1,9,12H2,2-3H3. The van der Waals surface area contributed by atoms with Crippen LogP contribution in [0.5, 0.6) is 0 Å². The largest absolute Gasteiger partial charge is 0.453 e. The van der Waals surface area contributed by atoms with Crippen LogP contribution >= 0.6 is 0 Å². The fraction of sp³-hybridized carbons (Fsp3) is 0.200. The number of fused-ring (bicyclic) bond motifs is 1. The van der Waals surface area contributed by atoms with Gasteiger partial charge < -0.3 is 9.30 Å². The number of aryl methyl sites for hydroxylation is 1. The summed E-state index contributed by atoms with van der Waals surface area (Å²) < 4.78 is 7.12. The van der Waals surface area contributed by atoms with Crippen LogP contribution in [0.3, 0.4) is 0 Å². The first-order chi connectivity index (χ1) is 12.5. The molecule has 3 aromatic rings. The maximum atomic E-state index is 12.4. The number of nitrogens with zero attached hydrogens (tertiary/aromatic N) is 3. The Kier molecular flexibility index (Phi) is 4.93. The summed E-state index contributed by atoms with van der Waals surface area (Å²) in [5, 5.41) is 0. The van der Waals surface area contributed by atoms with Gasteiger partial charge in [0.2, 0.25) is 5.78 Å². The summed E-state index contributed by atoms with van der Waals surface area (Å²) in [5.41, 5.74) is 3.69. The monoisotopic (exact) mass is 349 g/mol. The molecule has 0 fully saturated rings. The van der Waals surface area contributed by atoms with E-state index in [-0.39, 0.29) is 18.1 Å². The zero-order valence-corrected chi connectivity index (χ0v) is 14.7. The first kappa shape index (κ1) is 17.5. The lowest BCUT2D eigenvalue weighted by Gasteiger charge is -2.07. The van der Waals surface area contributed by atoms with Crippen LogP contribution in [-0.2, 0) is 11.3 Å². The Morgan fingerprint density at radius 3 is 2.69 bits per heavy atom. The normalized spacial score (nSPS) is 10.7. The van der Waals surface area contributed by atoms with Gasteiger partial charge in [-0.1, -0.05) is 18.2 Å². The molecule has 0 unspecified atom stereocenters. The highest BCUT2D eigenvalue weighted by atomic mass is 16.5. The minimum Gasteiger partial charge on any atom is -0.453 e. The average molecular weight is 349 g/mol. The molecule has 0 saturated carbocycles. The van der Waals surface area contributed by atoms with Gasteiger partial charge in [-0.25, -0.2) is 9.78 Å². The Bertz CT molecular complexity index is 1000. The number of ether oxygens (including phenoxy) is 1. The second-order valence-electron chi connectivity index (χ2n) is 5.93. The summed E-state index contributed by atoms with van der Waals surface area (Å²) in [6.45, 7) is 7.78. The molecule has 0 amide bonds. The van der Waals surface area contributed by atoms with Gasteiger partial charge in [-0.15, -0.1) is 6.58 Å². The molecule has 0 atom stereocenters. The van der Waals surface area contributed by atoms with Crippen LogP contribution in [0.15, 0.2) is 49.2 Å². The third-order valence-corrected chi connectivity index (χ3v) is 4.18. The van der Waals surface area contributed by atoms with Crippen LogP contribution in [0, 0.1) is 13.8 Å². The number of hydrogen-bond acceptors (Lipinski definition) is 5. The van der Waals surface area contributed by atoms with Crippen molar-refractivity contribution < 1.29 is 14.3 Å². The van der Waals surface area contributed by atoms with E-state index in [1.54, 1.807) is 24.3 Å². The average Bonchev–Trinajstić information content (AvgIpc) is 2.94. The van der Waals surface area contributed by atoms with E-state index < -0.39 is 5.97 Å². The van der Waals surface area contributed by atoms with E-state index in [9.17, 15) is 9.59 Å². The number of benzene rings is 1. The molecule has 1 aromatic carbocycles. The van der Waals surface area contributed by atoms with Crippen LogP contribution < -0.4 is 0 Å². The number of Topliss-reactive ketones (excluding diaryl/α,β-unsaturated/α-hetero) is 1. The smallest absolute Gasteiger partial charge is 0.359 e. The van der Waals surface area contributed by atoms with E-state index in [4.69, 9.17) is 4.74 Å². The second-order valence-corrected chi connectivity index (χ2v) is 5.93. The van der Waals surface area contributed by atoms with Crippen LogP contribution in [-0.4, -0.2) is 32.9 Å². The molecule has 0 aliphatic heterocycles. The molecule has 2 heterocycles. The molecule has 26 heavy (non-hydrogen) atoms. The molecule has 0 spiro atoms. The van der Waals surface area contributed by atoms with Gasteiger partial charge in [0.05, 0.1) is 17.2 Å². The van der Waals surface area contributed by atoms with Crippen molar-refractivity contribution in [2.45, 2.75) is 20.4 Å². The van der Waals surface area contributed by atoms with Crippen molar-refractivity contribution >= 4 is 22.8 Å². The van der Waals surface area contributed by atoms with Crippen molar-refractivity contribution in [3.63, 3.8) is 0 Å². The number of allylic oxidation sites excluding steroid dienone is 1. The number of ketones is 1. The summed E-state index contributed by atoms with van der Waals surface area (Å²) in [6.07, 6.45) is 3.12. The molecule has 0 radical (unpaired) electrons. The fourth-order valence-corrected chi connectivity index (χ4v) is 2.83. The van der Waals surface area contributed by atoms with E-state index in [0.29, 0.717) is 23.1 Å². The Morgan fingerprint density at radius 2 is 1.96 bits per heavy atom. The van der Waals surface area contributed by atoms with Crippen molar-refractivity contribution in [3.8, 4) is 0 Å². The minimum atomic E-state index is -0.670.